The maximum atomic E-state index is 5.57. The second-order valence-corrected chi connectivity index (χ2v) is 5.03. The van der Waals surface area contributed by atoms with E-state index in [0.717, 1.165) is 12.3 Å². The quantitative estimate of drug-likeness (QED) is 0.499. The van der Waals surface area contributed by atoms with Gasteiger partial charge in [-0.15, -0.1) is 35.1 Å². The number of halogens is 1. The Morgan fingerprint density at radius 3 is 3.09 bits per heavy atom. The third kappa shape index (κ3) is 4.34. The van der Waals surface area contributed by atoms with Crippen molar-refractivity contribution in [3.63, 3.8) is 0 Å². The van der Waals surface area contributed by atoms with Crippen molar-refractivity contribution in [1.29, 1.82) is 0 Å². The molecule has 1 rings (SSSR count). The van der Waals surface area contributed by atoms with Crippen LogP contribution < -0.4 is 0 Å². The molecule has 0 aromatic carbocycles. The fourth-order valence-corrected chi connectivity index (χ4v) is 3.29. The summed E-state index contributed by atoms with van der Waals surface area (Å²) in [5, 5.41) is 2.30. The van der Waals surface area contributed by atoms with Crippen molar-refractivity contribution in [3.8, 4) is 0 Å². The second-order valence-electron chi connectivity index (χ2n) is 2.45. The van der Waals surface area contributed by atoms with Crippen molar-refractivity contribution in [2.75, 3.05) is 17.4 Å². The van der Waals surface area contributed by atoms with Crippen molar-refractivity contribution in [2.45, 2.75) is 19.3 Å². The summed E-state index contributed by atoms with van der Waals surface area (Å²) in [6.07, 6.45) is 3.71. The highest BCUT2D eigenvalue weighted by atomic mass is 35.5. The van der Waals surface area contributed by atoms with Gasteiger partial charge in [-0.2, -0.15) is 0 Å². The van der Waals surface area contributed by atoms with Gasteiger partial charge in [-0.1, -0.05) is 0 Å². The zero-order chi connectivity index (χ0) is 7.94. The van der Waals surface area contributed by atoms with Gasteiger partial charge >= 0.3 is 0 Å². The normalized spacial score (nSPS) is 17.0. The van der Waals surface area contributed by atoms with E-state index in [4.69, 9.17) is 11.6 Å². The van der Waals surface area contributed by atoms with Crippen molar-refractivity contribution in [2.24, 2.45) is 0 Å². The lowest BCUT2D eigenvalue weighted by atomic mass is 10.4. The van der Waals surface area contributed by atoms with Crippen molar-refractivity contribution < 1.29 is 0 Å². The predicted octanol–water partition coefficient (Wildman–Crippen LogP) is 3.72. The van der Waals surface area contributed by atoms with Crippen molar-refractivity contribution in [1.82, 2.24) is 0 Å². The van der Waals surface area contributed by atoms with Crippen LogP contribution in [0.15, 0.2) is 10.3 Å². The topological polar surface area (TPSA) is 0 Å². The Hall–Kier alpha value is 0.730. The van der Waals surface area contributed by atoms with E-state index in [-0.39, 0.29) is 0 Å². The Bertz CT molecular complexity index is 134. The summed E-state index contributed by atoms with van der Waals surface area (Å²) in [5.74, 6) is 3.35. The Morgan fingerprint density at radius 2 is 2.45 bits per heavy atom. The highest BCUT2D eigenvalue weighted by Gasteiger charge is 2.04. The number of hydrogen-bond donors (Lipinski definition) is 0. The molecule has 1 aliphatic rings. The molecule has 0 aliphatic carbocycles. The third-order valence-corrected chi connectivity index (χ3v) is 3.99. The summed E-state index contributed by atoms with van der Waals surface area (Å²) in [4.78, 5) is 1.57. The van der Waals surface area contributed by atoms with E-state index in [0.29, 0.717) is 0 Å². The Kier molecular flexibility index (Phi) is 5.59. The molecule has 0 saturated carbocycles. The molecule has 0 fully saturated rings. The lowest BCUT2D eigenvalue weighted by molar-refractivity contribution is 0.903. The molecule has 0 N–H and O–H groups in total. The van der Waals surface area contributed by atoms with Crippen LogP contribution >= 0.6 is 35.1 Å². The molecule has 0 saturated heterocycles. The molecule has 0 unspecified atom stereocenters. The summed E-state index contributed by atoms with van der Waals surface area (Å²) in [7, 11) is 0. The van der Waals surface area contributed by atoms with E-state index in [2.05, 4.69) is 5.41 Å². The lowest BCUT2D eigenvalue weighted by Crippen LogP contribution is -1.82. The summed E-state index contributed by atoms with van der Waals surface area (Å²) in [6, 6.07) is 0. The van der Waals surface area contributed by atoms with E-state index in [1.165, 1.54) is 24.3 Å². The second kappa shape index (κ2) is 6.27. The molecule has 64 valence electrons. The average Bonchev–Trinajstić information content (AvgIpc) is 2.50. The summed E-state index contributed by atoms with van der Waals surface area (Å²) >= 11 is 9.51. The van der Waals surface area contributed by atoms with Gasteiger partial charge in [0.15, 0.2) is 0 Å². The van der Waals surface area contributed by atoms with Crippen LogP contribution in [0, 0.1) is 0 Å². The molecule has 0 bridgehead atoms. The molecule has 1 aliphatic heterocycles. The fraction of sp³-hybridized carbons (Fsp3) is 0.750. The first-order valence-electron chi connectivity index (χ1n) is 3.93. The maximum absolute atomic E-state index is 5.57. The Labute approximate surface area is 82.1 Å². The number of alkyl halides is 1. The van der Waals surface area contributed by atoms with Crippen molar-refractivity contribution >= 4 is 35.1 Å². The predicted molar refractivity (Wildman–Crippen MR) is 57.6 cm³/mol. The van der Waals surface area contributed by atoms with Crippen LogP contribution in [0.3, 0.4) is 0 Å². The molecule has 0 aromatic heterocycles. The van der Waals surface area contributed by atoms with E-state index in [1.807, 2.05) is 23.5 Å². The largest absolute Gasteiger partial charge is 0.133 e. The van der Waals surface area contributed by atoms with Crippen LogP contribution in [0.1, 0.15) is 19.3 Å². The first-order valence-corrected chi connectivity index (χ1v) is 6.50. The minimum absolute atomic E-state index is 0.814. The van der Waals surface area contributed by atoms with Gasteiger partial charge in [0.25, 0.3) is 0 Å². The van der Waals surface area contributed by atoms with Crippen LogP contribution in [0.2, 0.25) is 0 Å². The molecule has 0 atom stereocenters. The van der Waals surface area contributed by atoms with Gasteiger partial charge in [0.05, 0.1) is 0 Å². The minimum Gasteiger partial charge on any atom is -0.133 e. The number of thioether (sulfide) groups is 2. The van der Waals surface area contributed by atoms with Crippen LogP contribution in [0.4, 0.5) is 0 Å². The van der Waals surface area contributed by atoms with Crippen LogP contribution in [-0.4, -0.2) is 17.4 Å². The monoisotopic (exact) mass is 208 g/mol. The fourth-order valence-electron chi connectivity index (χ4n) is 0.876. The molecule has 0 aromatic rings. The van der Waals surface area contributed by atoms with Crippen molar-refractivity contribution in [3.05, 3.63) is 10.3 Å². The molecule has 3 heteroatoms. The van der Waals surface area contributed by atoms with Crippen LogP contribution in [-0.2, 0) is 0 Å². The molecule has 0 radical (unpaired) electrons. The van der Waals surface area contributed by atoms with Gasteiger partial charge in [-0.05, 0) is 35.3 Å². The average molecular weight is 209 g/mol. The van der Waals surface area contributed by atoms with Gasteiger partial charge in [0.2, 0.25) is 0 Å². The van der Waals surface area contributed by atoms with Gasteiger partial charge < -0.3 is 0 Å². The van der Waals surface area contributed by atoms with Crippen LogP contribution in [0.25, 0.3) is 0 Å². The van der Waals surface area contributed by atoms with E-state index < -0.39 is 0 Å². The SMILES string of the molecule is ClCCCCSC1=CSCC1. The zero-order valence-electron chi connectivity index (χ0n) is 6.51. The summed E-state index contributed by atoms with van der Waals surface area (Å²) in [6.45, 7) is 0. The van der Waals surface area contributed by atoms with E-state index in [1.54, 1.807) is 4.91 Å². The molecular formula is C8H13ClS2. The van der Waals surface area contributed by atoms with Gasteiger partial charge in [0, 0.05) is 11.6 Å². The third-order valence-electron chi connectivity index (χ3n) is 1.50. The Balaban J connectivity index is 1.94. The van der Waals surface area contributed by atoms with Crippen LogP contribution in [0.5, 0.6) is 0 Å². The number of allylic oxidation sites excluding steroid dienone is 1. The van der Waals surface area contributed by atoms with E-state index >= 15 is 0 Å². The van der Waals surface area contributed by atoms with Gasteiger partial charge in [-0.25, -0.2) is 0 Å². The summed E-state index contributed by atoms with van der Waals surface area (Å²) < 4.78 is 0. The lowest BCUT2D eigenvalue weighted by Gasteiger charge is -1.98. The Morgan fingerprint density at radius 1 is 1.55 bits per heavy atom. The molecule has 1 heterocycles. The molecule has 11 heavy (non-hydrogen) atoms. The number of unbranched alkanes of at least 4 members (excludes halogenated alkanes) is 1. The summed E-state index contributed by atoms with van der Waals surface area (Å²) in [5.41, 5.74) is 0. The minimum atomic E-state index is 0.814. The first-order chi connectivity index (χ1) is 5.43. The standard InChI is InChI=1S/C8H13ClS2/c9-4-1-2-5-11-8-3-6-10-7-8/h7H,1-6H2. The number of hydrogen-bond acceptors (Lipinski definition) is 2. The molecule has 0 nitrogen and oxygen atoms in total. The maximum Gasteiger partial charge on any atom is 0.0223 e. The molecule has 0 amide bonds. The zero-order valence-corrected chi connectivity index (χ0v) is 8.90. The molecule has 0 spiro atoms. The molecular weight excluding hydrogens is 196 g/mol. The van der Waals surface area contributed by atoms with Gasteiger partial charge in [0.1, 0.15) is 0 Å². The highest BCUT2D eigenvalue weighted by molar-refractivity contribution is 8.06. The highest BCUT2D eigenvalue weighted by Crippen LogP contribution is 2.31. The van der Waals surface area contributed by atoms with Gasteiger partial charge in [-0.3, -0.25) is 0 Å². The van der Waals surface area contributed by atoms with E-state index in [9.17, 15) is 0 Å². The first kappa shape index (κ1) is 9.82. The number of rotatable bonds is 5. The smallest absolute Gasteiger partial charge is 0.0223 e.